The molecule has 0 atom stereocenters. The molecule has 0 radical (unpaired) electrons. The van der Waals surface area contributed by atoms with Crippen molar-refractivity contribution in [1.29, 1.82) is 5.26 Å². The van der Waals surface area contributed by atoms with Gasteiger partial charge in [-0.25, -0.2) is 4.39 Å². The minimum atomic E-state index is -0.527. The fraction of sp³-hybridized carbons (Fsp3) is 0.462. The molecule has 0 bridgehead atoms. The second-order valence-corrected chi connectivity index (χ2v) is 4.18. The lowest BCUT2D eigenvalue weighted by atomic mass is 10.2. The first-order valence-corrected chi connectivity index (χ1v) is 5.85. The highest BCUT2D eigenvalue weighted by Gasteiger charge is 2.19. The van der Waals surface area contributed by atoms with E-state index in [1.807, 2.05) is 0 Å². The van der Waals surface area contributed by atoms with Gasteiger partial charge < -0.3 is 10.1 Å². The van der Waals surface area contributed by atoms with Crippen LogP contribution in [0.3, 0.4) is 0 Å². The average molecular weight is 234 g/mol. The lowest BCUT2D eigenvalue weighted by Gasteiger charge is -2.07. The maximum Gasteiger partial charge on any atom is 0.144 e. The number of halogens is 1. The normalized spacial score (nSPS) is 14.4. The van der Waals surface area contributed by atoms with Crippen molar-refractivity contribution < 1.29 is 9.13 Å². The summed E-state index contributed by atoms with van der Waals surface area (Å²) in [6.07, 6.45) is 3.46. The molecule has 1 aromatic rings. The molecular formula is C13H15FN2O. The van der Waals surface area contributed by atoms with Crippen molar-refractivity contribution in [3.63, 3.8) is 0 Å². The van der Waals surface area contributed by atoms with Crippen molar-refractivity contribution in [2.75, 3.05) is 13.2 Å². The molecule has 1 N–H and O–H groups in total. The Morgan fingerprint density at radius 1 is 1.47 bits per heavy atom. The van der Waals surface area contributed by atoms with Crippen molar-refractivity contribution in [2.24, 2.45) is 0 Å². The minimum Gasteiger partial charge on any atom is -0.493 e. The molecule has 1 aliphatic rings. The van der Waals surface area contributed by atoms with Crippen LogP contribution in [-0.4, -0.2) is 19.2 Å². The molecule has 1 aromatic carbocycles. The van der Waals surface area contributed by atoms with Gasteiger partial charge in [-0.3, -0.25) is 0 Å². The summed E-state index contributed by atoms with van der Waals surface area (Å²) in [7, 11) is 0. The number of nitrogens with zero attached hydrogens (tertiary/aromatic N) is 1. The molecule has 1 fully saturated rings. The molecule has 0 unspecified atom stereocenters. The minimum absolute atomic E-state index is 0.0488. The number of rotatable bonds is 6. The van der Waals surface area contributed by atoms with Crippen LogP contribution < -0.4 is 10.1 Å². The van der Waals surface area contributed by atoms with E-state index >= 15 is 0 Å². The first-order chi connectivity index (χ1) is 8.29. The molecule has 1 saturated carbocycles. The Balaban J connectivity index is 1.70. The van der Waals surface area contributed by atoms with Gasteiger partial charge in [-0.1, -0.05) is 0 Å². The zero-order valence-corrected chi connectivity index (χ0v) is 9.58. The van der Waals surface area contributed by atoms with E-state index in [0.717, 1.165) is 13.0 Å². The lowest BCUT2D eigenvalue weighted by molar-refractivity contribution is 0.306. The Morgan fingerprint density at radius 3 is 2.94 bits per heavy atom. The third kappa shape index (κ3) is 3.72. The predicted octanol–water partition coefficient (Wildman–Crippen LogP) is 2.22. The molecule has 17 heavy (non-hydrogen) atoms. The number of ether oxygens (including phenoxy) is 1. The van der Waals surface area contributed by atoms with Crippen molar-refractivity contribution in [1.82, 2.24) is 5.32 Å². The smallest absolute Gasteiger partial charge is 0.144 e. The van der Waals surface area contributed by atoms with Crippen molar-refractivity contribution in [2.45, 2.75) is 25.3 Å². The molecule has 0 aliphatic heterocycles. The lowest BCUT2D eigenvalue weighted by Crippen LogP contribution is -2.19. The molecule has 0 saturated heterocycles. The summed E-state index contributed by atoms with van der Waals surface area (Å²) in [5.74, 6) is -0.0472. The first kappa shape index (κ1) is 11.9. The maximum absolute atomic E-state index is 13.2. The molecule has 0 heterocycles. The van der Waals surface area contributed by atoms with E-state index in [2.05, 4.69) is 5.32 Å². The predicted molar refractivity (Wildman–Crippen MR) is 62.3 cm³/mol. The number of benzene rings is 1. The van der Waals surface area contributed by atoms with Gasteiger partial charge in [0, 0.05) is 12.1 Å². The summed E-state index contributed by atoms with van der Waals surface area (Å²) in [5, 5.41) is 11.9. The number of nitrogens with one attached hydrogen (secondary N) is 1. The molecule has 3 nitrogen and oxygen atoms in total. The summed E-state index contributed by atoms with van der Waals surface area (Å²) in [6, 6.07) is 6.80. The van der Waals surface area contributed by atoms with E-state index in [-0.39, 0.29) is 5.56 Å². The number of hydrogen-bond acceptors (Lipinski definition) is 3. The van der Waals surface area contributed by atoms with Crippen LogP contribution in [0.4, 0.5) is 4.39 Å². The fourth-order valence-corrected chi connectivity index (χ4v) is 1.53. The van der Waals surface area contributed by atoms with Gasteiger partial charge in [0.1, 0.15) is 17.6 Å². The number of nitriles is 1. The van der Waals surface area contributed by atoms with E-state index in [1.54, 1.807) is 12.1 Å². The van der Waals surface area contributed by atoms with Gasteiger partial charge in [0.2, 0.25) is 0 Å². The van der Waals surface area contributed by atoms with Gasteiger partial charge >= 0.3 is 0 Å². The summed E-state index contributed by atoms with van der Waals surface area (Å²) in [6.45, 7) is 1.49. The van der Waals surface area contributed by atoms with E-state index in [9.17, 15) is 4.39 Å². The molecule has 0 spiro atoms. The molecule has 90 valence electrons. The third-order valence-corrected chi connectivity index (χ3v) is 2.66. The second-order valence-electron chi connectivity index (χ2n) is 4.18. The van der Waals surface area contributed by atoms with E-state index in [4.69, 9.17) is 10.00 Å². The molecule has 1 aliphatic carbocycles. The monoisotopic (exact) mass is 234 g/mol. The van der Waals surface area contributed by atoms with Crippen molar-refractivity contribution in [3.8, 4) is 11.8 Å². The van der Waals surface area contributed by atoms with Gasteiger partial charge in [-0.2, -0.15) is 5.26 Å². The molecular weight excluding hydrogens is 219 g/mol. The highest BCUT2D eigenvalue weighted by Crippen LogP contribution is 2.18. The Kier molecular flexibility index (Phi) is 3.94. The van der Waals surface area contributed by atoms with Crippen molar-refractivity contribution in [3.05, 3.63) is 29.6 Å². The van der Waals surface area contributed by atoms with Crippen LogP contribution in [0.25, 0.3) is 0 Å². The molecule has 0 aromatic heterocycles. The summed E-state index contributed by atoms with van der Waals surface area (Å²) in [5.41, 5.74) is 0.0488. The summed E-state index contributed by atoms with van der Waals surface area (Å²) < 4.78 is 18.6. The Morgan fingerprint density at radius 2 is 2.29 bits per heavy atom. The topological polar surface area (TPSA) is 45.0 Å². The Bertz CT molecular complexity index is 424. The standard InChI is InChI=1S/C13H15FN2O/c14-13-8-12(5-2-10(13)9-15)17-7-1-6-16-11-3-4-11/h2,5,8,11,16H,1,3-4,6-7H2. The van der Waals surface area contributed by atoms with Crippen LogP contribution in [0.5, 0.6) is 5.75 Å². The highest BCUT2D eigenvalue weighted by atomic mass is 19.1. The summed E-state index contributed by atoms with van der Waals surface area (Å²) >= 11 is 0. The molecule has 2 rings (SSSR count). The largest absolute Gasteiger partial charge is 0.493 e. The molecule has 0 amide bonds. The third-order valence-electron chi connectivity index (χ3n) is 2.66. The fourth-order valence-electron chi connectivity index (χ4n) is 1.53. The maximum atomic E-state index is 13.2. The van der Waals surface area contributed by atoms with Crippen LogP contribution in [-0.2, 0) is 0 Å². The van der Waals surface area contributed by atoms with E-state index < -0.39 is 5.82 Å². The SMILES string of the molecule is N#Cc1ccc(OCCCNC2CC2)cc1F. The highest BCUT2D eigenvalue weighted by molar-refractivity contribution is 5.36. The van der Waals surface area contributed by atoms with E-state index in [1.165, 1.54) is 25.0 Å². The van der Waals surface area contributed by atoms with Gasteiger partial charge in [0.15, 0.2) is 0 Å². The van der Waals surface area contributed by atoms with Crippen LogP contribution in [0.2, 0.25) is 0 Å². The van der Waals surface area contributed by atoms with Crippen LogP contribution >= 0.6 is 0 Å². The second kappa shape index (κ2) is 5.65. The summed E-state index contributed by atoms with van der Waals surface area (Å²) in [4.78, 5) is 0. The van der Waals surface area contributed by atoms with E-state index in [0.29, 0.717) is 18.4 Å². The Labute approximate surface area is 100 Å². The first-order valence-electron chi connectivity index (χ1n) is 5.85. The Hall–Kier alpha value is -1.60. The average Bonchev–Trinajstić information content (AvgIpc) is 3.13. The quantitative estimate of drug-likeness (QED) is 0.767. The number of hydrogen-bond donors (Lipinski definition) is 1. The van der Waals surface area contributed by atoms with Gasteiger partial charge in [0.05, 0.1) is 12.2 Å². The zero-order chi connectivity index (χ0) is 12.1. The van der Waals surface area contributed by atoms with Crippen LogP contribution in [0.15, 0.2) is 18.2 Å². The van der Waals surface area contributed by atoms with Gasteiger partial charge in [-0.15, -0.1) is 0 Å². The van der Waals surface area contributed by atoms with Gasteiger partial charge in [-0.05, 0) is 37.9 Å². The zero-order valence-electron chi connectivity index (χ0n) is 9.58. The van der Waals surface area contributed by atoms with Crippen LogP contribution in [0.1, 0.15) is 24.8 Å². The van der Waals surface area contributed by atoms with Gasteiger partial charge in [0.25, 0.3) is 0 Å². The molecule has 4 heteroatoms. The van der Waals surface area contributed by atoms with Crippen LogP contribution in [0, 0.1) is 17.1 Å². The van der Waals surface area contributed by atoms with Crippen molar-refractivity contribution >= 4 is 0 Å².